The van der Waals surface area contributed by atoms with Gasteiger partial charge < -0.3 is 9.16 Å². The fraction of sp³-hybridized carbons (Fsp3) is 0.455. The van der Waals surface area contributed by atoms with Gasteiger partial charge in [0.2, 0.25) is 0 Å². The third-order valence-corrected chi connectivity index (χ3v) is 10.8. The van der Waals surface area contributed by atoms with E-state index in [4.69, 9.17) is 9.16 Å². The summed E-state index contributed by atoms with van der Waals surface area (Å²) in [6, 6.07) is 21.7. The van der Waals surface area contributed by atoms with E-state index in [0.717, 1.165) is 19.4 Å². The van der Waals surface area contributed by atoms with Crippen molar-refractivity contribution in [3.05, 3.63) is 60.7 Å². The van der Waals surface area contributed by atoms with Gasteiger partial charge in [0.05, 0.1) is 12.2 Å². The molecule has 4 rings (SSSR count). The van der Waals surface area contributed by atoms with E-state index in [0.29, 0.717) is 0 Å². The molecule has 138 valence electrons. The highest BCUT2D eigenvalue weighted by atomic mass is 28.4. The van der Waals surface area contributed by atoms with Gasteiger partial charge in [-0.2, -0.15) is 0 Å². The molecule has 2 heterocycles. The van der Waals surface area contributed by atoms with E-state index < -0.39 is 8.32 Å². The fourth-order valence-electron chi connectivity index (χ4n) is 4.50. The monoisotopic (exact) mass is 367 g/mol. The van der Waals surface area contributed by atoms with Crippen LogP contribution in [-0.4, -0.2) is 33.3 Å². The molecule has 0 aliphatic carbocycles. The summed E-state index contributed by atoms with van der Waals surface area (Å²) in [7, 11) is -2.50. The van der Waals surface area contributed by atoms with Crippen molar-refractivity contribution in [3.63, 3.8) is 0 Å². The van der Waals surface area contributed by atoms with Crippen molar-refractivity contribution >= 4 is 18.7 Å². The molecule has 1 N–H and O–H groups in total. The van der Waals surface area contributed by atoms with Crippen LogP contribution in [0.2, 0.25) is 5.04 Å². The lowest BCUT2D eigenvalue weighted by atomic mass is 10.1. The van der Waals surface area contributed by atoms with Crippen LogP contribution in [0.15, 0.2) is 60.7 Å². The summed E-state index contributed by atoms with van der Waals surface area (Å²) >= 11 is 0. The second kappa shape index (κ2) is 6.93. The Bertz CT molecular complexity index is 689. The molecule has 0 amide bonds. The number of hydrogen-bond acceptors (Lipinski definition) is 3. The van der Waals surface area contributed by atoms with Gasteiger partial charge in [-0.1, -0.05) is 81.4 Å². The van der Waals surface area contributed by atoms with Gasteiger partial charge in [0.25, 0.3) is 8.32 Å². The lowest BCUT2D eigenvalue weighted by Gasteiger charge is -2.47. The van der Waals surface area contributed by atoms with Gasteiger partial charge in [-0.25, -0.2) is 0 Å². The van der Waals surface area contributed by atoms with Crippen LogP contribution in [0, 0.1) is 0 Å². The molecule has 2 aliphatic heterocycles. The molecule has 0 spiro atoms. The van der Waals surface area contributed by atoms with Crippen molar-refractivity contribution < 1.29 is 9.16 Å². The first-order valence-electron chi connectivity index (χ1n) is 9.68. The number of nitrogens with one attached hydrogen (secondary N) is 1. The first kappa shape index (κ1) is 17.9. The number of benzene rings is 2. The Hall–Kier alpha value is -1.46. The van der Waals surface area contributed by atoms with Gasteiger partial charge in [-0.3, -0.25) is 5.32 Å². The molecule has 0 aromatic heterocycles. The van der Waals surface area contributed by atoms with E-state index in [1.54, 1.807) is 0 Å². The molecular weight excluding hydrogens is 338 g/mol. The maximum absolute atomic E-state index is 7.20. The predicted octanol–water partition coefficient (Wildman–Crippen LogP) is 3.04. The quantitative estimate of drug-likeness (QED) is 0.843. The van der Waals surface area contributed by atoms with Crippen LogP contribution < -0.4 is 15.7 Å². The van der Waals surface area contributed by atoms with E-state index in [-0.39, 0.29) is 23.5 Å². The molecule has 3 nitrogen and oxygen atoms in total. The van der Waals surface area contributed by atoms with Crippen LogP contribution in [0.3, 0.4) is 0 Å². The van der Waals surface area contributed by atoms with Crippen molar-refractivity contribution in [3.8, 4) is 0 Å². The average Bonchev–Trinajstić information content (AvgIpc) is 3.04. The van der Waals surface area contributed by atoms with Gasteiger partial charge in [0, 0.05) is 6.54 Å². The largest absolute Gasteiger partial charge is 0.401 e. The normalized spacial score (nSPS) is 26.0. The minimum Gasteiger partial charge on any atom is -0.401 e. The van der Waals surface area contributed by atoms with Crippen LogP contribution in [0.25, 0.3) is 0 Å². The van der Waals surface area contributed by atoms with Crippen LogP contribution in [0.5, 0.6) is 0 Å². The first-order valence-corrected chi connectivity index (χ1v) is 11.6. The summed E-state index contributed by atoms with van der Waals surface area (Å²) < 4.78 is 13.3. The zero-order valence-electron chi connectivity index (χ0n) is 15.9. The Morgan fingerprint density at radius 1 is 0.923 bits per heavy atom. The highest BCUT2D eigenvalue weighted by Crippen LogP contribution is 2.39. The molecule has 26 heavy (non-hydrogen) atoms. The second-order valence-corrected chi connectivity index (χ2v) is 12.7. The average molecular weight is 368 g/mol. The van der Waals surface area contributed by atoms with Crippen molar-refractivity contribution in [2.45, 2.75) is 57.1 Å². The van der Waals surface area contributed by atoms with Crippen molar-refractivity contribution in [1.29, 1.82) is 0 Å². The zero-order valence-corrected chi connectivity index (χ0v) is 16.9. The molecule has 2 bridgehead atoms. The van der Waals surface area contributed by atoms with Crippen LogP contribution in [0.4, 0.5) is 0 Å². The molecular formula is C22H29NO2Si. The molecule has 4 heteroatoms. The first-order chi connectivity index (χ1) is 12.5. The van der Waals surface area contributed by atoms with E-state index >= 15 is 0 Å². The topological polar surface area (TPSA) is 30.5 Å². The van der Waals surface area contributed by atoms with E-state index in [1.807, 2.05) is 0 Å². The summed E-state index contributed by atoms with van der Waals surface area (Å²) in [6.07, 6.45) is 2.70. The standard InChI is InChI=1S/C22H29NO2Si/c1-22(2,3)26(17-10-6-4-7-11-17,18-12-8-5-9-13-18)25-20-16-23-21-15-14-19(20)24-21/h4-13,19-21,23H,14-16H2,1-3H3/t19-,20-,21+/m0/s1. The predicted molar refractivity (Wildman–Crippen MR) is 108 cm³/mol. The minimum atomic E-state index is -2.50. The molecule has 2 aliphatic rings. The number of ether oxygens (including phenoxy) is 1. The fourth-order valence-corrected chi connectivity index (χ4v) is 9.21. The summed E-state index contributed by atoms with van der Waals surface area (Å²) in [5, 5.41) is 6.18. The Morgan fingerprint density at radius 3 is 2.04 bits per heavy atom. The third-order valence-electron chi connectivity index (χ3n) is 5.76. The van der Waals surface area contributed by atoms with Crippen LogP contribution in [-0.2, 0) is 9.16 Å². The Morgan fingerprint density at radius 2 is 1.50 bits per heavy atom. The smallest absolute Gasteiger partial charge is 0.261 e. The van der Waals surface area contributed by atoms with Gasteiger partial charge >= 0.3 is 0 Å². The number of hydrogen-bond donors (Lipinski definition) is 1. The lowest BCUT2D eigenvalue weighted by Crippen LogP contribution is -2.69. The van der Waals surface area contributed by atoms with Crippen molar-refractivity contribution in [2.75, 3.05) is 6.54 Å². The lowest BCUT2D eigenvalue weighted by molar-refractivity contribution is -0.0733. The molecule has 0 saturated carbocycles. The van der Waals surface area contributed by atoms with Crippen LogP contribution >= 0.6 is 0 Å². The van der Waals surface area contributed by atoms with Gasteiger partial charge in [-0.15, -0.1) is 0 Å². The van der Waals surface area contributed by atoms with Gasteiger partial charge in [0.15, 0.2) is 0 Å². The van der Waals surface area contributed by atoms with E-state index in [9.17, 15) is 0 Å². The Labute approximate surface area is 157 Å². The SMILES string of the molecule is CC(C)(C)[Si](O[C@H]1CN[C@H]2CC[C@@H]1O2)(c1ccccc1)c1ccccc1. The molecule has 0 unspecified atom stereocenters. The summed E-state index contributed by atoms with van der Waals surface area (Å²) in [6.45, 7) is 7.86. The van der Waals surface area contributed by atoms with E-state index in [2.05, 4.69) is 86.8 Å². The van der Waals surface area contributed by atoms with Crippen molar-refractivity contribution in [2.24, 2.45) is 0 Å². The second-order valence-electron chi connectivity index (χ2n) is 8.47. The minimum absolute atomic E-state index is 0.00512. The maximum atomic E-state index is 7.20. The molecule has 2 saturated heterocycles. The van der Waals surface area contributed by atoms with E-state index in [1.165, 1.54) is 10.4 Å². The summed E-state index contributed by atoms with van der Waals surface area (Å²) in [5.41, 5.74) is 0. The number of fused-ring (bicyclic) bond motifs is 2. The zero-order chi connectivity index (χ0) is 18.2. The molecule has 2 aromatic rings. The summed E-state index contributed by atoms with van der Waals surface area (Å²) in [5.74, 6) is 0. The van der Waals surface area contributed by atoms with Crippen LogP contribution in [0.1, 0.15) is 33.6 Å². The van der Waals surface area contributed by atoms with Crippen molar-refractivity contribution in [1.82, 2.24) is 5.32 Å². The molecule has 2 aromatic carbocycles. The summed E-state index contributed by atoms with van der Waals surface area (Å²) in [4.78, 5) is 0. The molecule has 2 fully saturated rings. The highest BCUT2D eigenvalue weighted by molar-refractivity contribution is 6.99. The maximum Gasteiger partial charge on any atom is 0.261 e. The van der Waals surface area contributed by atoms with Gasteiger partial charge in [0.1, 0.15) is 6.23 Å². The third kappa shape index (κ3) is 3.05. The number of rotatable bonds is 4. The van der Waals surface area contributed by atoms with Gasteiger partial charge in [-0.05, 0) is 28.3 Å². The Kier molecular flexibility index (Phi) is 4.78. The highest BCUT2D eigenvalue weighted by Gasteiger charge is 2.53. The molecule has 3 atom stereocenters. The molecule has 0 radical (unpaired) electrons. The Balaban J connectivity index is 1.82.